The number of quaternary nitrogens is 1. The van der Waals surface area contributed by atoms with Crippen LogP contribution in [0.1, 0.15) is 86.9 Å². The van der Waals surface area contributed by atoms with Gasteiger partial charge in [-0.05, 0) is 63.6 Å². The average molecular weight is 498 g/mol. The van der Waals surface area contributed by atoms with E-state index in [1.807, 2.05) is 18.2 Å². The van der Waals surface area contributed by atoms with E-state index >= 15 is 0 Å². The van der Waals surface area contributed by atoms with E-state index in [4.69, 9.17) is 9.47 Å². The van der Waals surface area contributed by atoms with Crippen LogP contribution in [0.4, 0.5) is 5.69 Å². The summed E-state index contributed by atoms with van der Waals surface area (Å²) in [5, 5.41) is 2.90. The molecule has 0 aliphatic rings. The normalized spacial score (nSPS) is 11.2. The fourth-order valence-electron chi connectivity index (χ4n) is 4.29. The second kappa shape index (κ2) is 16.0. The third-order valence-electron chi connectivity index (χ3n) is 7.08. The second-order valence-electron chi connectivity index (χ2n) is 9.29. The third-order valence-corrected chi connectivity index (χ3v) is 7.08. The van der Waals surface area contributed by atoms with Gasteiger partial charge in [-0.25, -0.2) is 4.79 Å². The van der Waals surface area contributed by atoms with E-state index in [-0.39, 0.29) is 11.9 Å². The molecule has 0 bridgehead atoms. The zero-order valence-electron chi connectivity index (χ0n) is 22.7. The molecule has 36 heavy (non-hydrogen) atoms. The van der Waals surface area contributed by atoms with Gasteiger partial charge in [0.25, 0.3) is 5.91 Å². The molecule has 0 radical (unpaired) electrons. The molecule has 1 N–H and O–H groups in total. The highest BCUT2D eigenvalue weighted by atomic mass is 16.5. The monoisotopic (exact) mass is 497 g/mol. The van der Waals surface area contributed by atoms with Gasteiger partial charge in [-0.1, -0.05) is 51.2 Å². The Kier molecular flexibility index (Phi) is 13.1. The maximum atomic E-state index is 12.9. The molecule has 0 heterocycles. The van der Waals surface area contributed by atoms with Crippen LogP contribution < -0.4 is 10.1 Å². The smallest absolute Gasteiger partial charge is 0.338 e. The predicted octanol–water partition coefficient (Wildman–Crippen LogP) is 6.71. The molecular weight excluding hydrogens is 452 g/mol. The highest BCUT2D eigenvalue weighted by Crippen LogP contribution is 2.21. The molecule has 0 fully saturated rings. The number of nitrogens with zero attached hydrogens (tertiary/aromatic N) is 1. The molecule has 2 aromatic rings. The maximum Gasteiger partial charge on any atom is 0.338 e. The quantitative estimate of drug-likeness (QED) is 0.150. The van der Waals surface area contributed by atoms with Crippen LogP contribution in [0.5, 0.6) is 5.75 Å². The van der Waals surface area contributed by atoms with Crippen molar-refractivity contribution in [2.75, 3.05) is 44.7 Å². The Labute approximate surface area is 217 Å². The third kappa shape index (κ3) is 9.30. The van der Waals surface area contributed by atoms with Crippen molar-refractivity contribution in [2.45, 2.75) is 66.2 Å². The summed E-state index contributed by atoms with van der Waals surface area (Å²) in [6, 6.07) is 14.1. The Morgan fingerprint density at radius 3 is 2.08 bits per heavy atom. The molecule has 0 spiro atoms. The largest absolute Gasteiger partial charge is 0.493 e. The number of anilines is 1. The lowest BCUT2D eigenvalue weighted by Gasteiger charge is -2.35. The zero-order valence-corrected chi connectivity index (χ0v) is 22.7. The van der Waals surface area contributed by atoms with Gasteiger partial charge < -0.3 is 19.3 Å². The zero-order chi connectivity index (χ0) is 26.2. The minimum absolute atomic E-state index is 0.239. The first-order chi connectivity index (χ1) is 17.5. The van der Waals surface area contributed by atoms with Crippen LogP contribution in [-0.4, -0.2) is 55.8 Å². The van der Waals surface area contributed by atoms with Crippen molar-refractivity contribution in [3.63, 3.8) is 0 Å². The molecule has 1 amide bonds. The number of hydrogen-bond acceptors (Lipinski definition) is 4. The van der Waals surface area contributed by atoms with Crippen molar-refractivity contribution in [1.82, 2.24) is 0 Å². The minimum atomic E-state index is -0.345. The Balaban J connectivity index is 1.86. The summed E-state index contributed by atoms with van der Waals surface area (Å²) < 4.78 is 12.4. The van der Waals surface area contributed by atoms with Gasteiger partial charge in [-0.2, -0.15) is 0 Å². The molecule has 6 nitrogen and oxygen atoms in total. The number of unbranched alkanes of at least 4 members (excludes halogenated alkanes) is 5. The van der Waals surface area contributed by atoms with E-state index in [0.717, 1.165) is 43.5 Å². The minimum Gasteiger partial charge on any atom is -0.493 e. The van der Waals surface area contributed by atoms with E-state index in [1.54, 1.807) is 30.3 Å². The summed E-state index contributed by atoms with van der Waals surface area (Å²) >= 11 is 0. The SMILES string of the molecule is CCCCCCCCOc1ccccc1C(=O)Nc1ccc(C(=O)OCC[N+](CC)(CC)CC)cc1. The Morgan fingerprint density at radius 1 is 0.778 bits per heavy atom. The summed E-state index contributed by atoms with van der Waals surface area (Å²) in [6.45, 7) is 13.6. The fraction of sp³-hybridized carbons (Fsp3) is 0.533. The molecule has 2 aromatic carbocycles. The number of carbonyl (C=O) groups is 2. The lowest BCUT2D eigenvalue weighted by Crippen LogP contribution is -2.49. The van der Waals surface area contributed by atoms with E-state index in [1.165, 1.54) is 25.7 Å². The van der Waals surface area contributed by atoms with Crippen molar-refractivity contribution in [1.29, 1.82) is 0 Å². The Morgan fingerprint density at radius 2 is 1.42 bits per heavy atom. The number of likely N-dealkylation sites (N-methyl/N-ethyl adjacent to an activating group) is 1. The summed E-state index contributed by atoms with van der Waals surface area (Å²) in [5.41, 5.74) is 1.58. The van der Waals surface area contributed by atoms with Crippen molar-refractivity contribution in [3.05, 3.63) is 59.7 Å². The molecule has 0 aromatic heterocycles. The van der Waals surface area contributed by atoms with Crippen molar-refractivity contribution < 1.29 is 23.5 Å². The summed E-state index contributed by atoms with van der Waals surface area (Å²) in [6.07, 6.45) is 7.12. The van der Waals surface area contributed by atoms with Crippen LogP contribution in [0, 0.1) is 0 Å². The van der Waals surface area contributed by atoms with Gasteiger partial charge in [0.2, 0.25) is 0 Å². The fourth-order valence-corrected chi connectivity index (χ4v) is 4.29. The Hall–Kier alpha value is -2.86. The molecular formula is C30H45N2O4+. The molecule has 0 saturated carbocycles. The van der Waals surface area contributed by atoms with Gasteiger partial charge in [-0.15, -0.1) is 0 Å². The highest BCUT2D eigenvalue weighted by molar-refractivity contribution is 6.06. The molecule has 6 heteroatoms. The first kappa shape index (κ1) is 29.4. The van der Waals surface area contributed by atoms with Crippen molar-refractivity contribution in [3.8, 4) is 5.75 Å². The van der Waals surface area contributed by atoms with E-state index in [0.29, 0.717) is 35.8 Å². The number of hydrogen-bond donors (Lipinski definition) is 1. The number of benzene rings is 2. The molecule has 198 valence electrons. The van der Waals surface area contributed by atoms with Crippen LogP contribution in [-0.2, 0) is 4.74 Å². The number of esters is 1. The van der Waals surface area contributed by atoms with Gasteiger partial charge in [0.05, 0.1) is 37.4 Å². The van der Waals surface area contributed by atoms with Crippen LogP contribution in [0.3, 0.4) is 0 Å². The molecule has 0 aliphatic carbocycles. The molecule has 0 unspecified atom stereocenters. The number of para-hydroxylation sites is 1. The van der Waals surface area contributed by atoms with Crippen LogP contribution in [0.25, 0.3) is 0 Å². The number of nitrogens with one attached hydrogen (secondary N) is 1. The number of ether oxygens (including phenoxy) is 2. The summed E-state index contributed by atoms with van der Waals surface area (Å²) in [4.78, 5) is 25.4. The lowest BCUT2D eigenvalue weighted by molar-refractivity contribution is -0.923. The van der Waals surface area contributed by atoms with Crippen LogP contribution in [0.15, 0.2) is 48.5 Å². The van der Waals surface area contributed by atoms with Gasteiger partial charge in [0.15, 0.2) is 0 Å². The summed E-state index contributed by atoms with van der Waals surface area (Å²) in [5.74, 6) is 0.00359. The summed E-state index contributed by atoms with van der Waals surface area (Å²) in [7, 11) is 0. The van der Waals surface area contributed by atoms with Crippen LogP contribution >= 0.6 is 0 Å². The molecule has 0 saturated heterocycles. The number of carbonyl (C=O) groups excluding carboxylic acids is 2. The average Bonchev–Trinajstić information content (AvgIpc) is 2.91. The van der Waals surface area contributed by atoms with E-state index in [2.05, 4.69) is 33.0 Å². The van der Waals surface area contributed by atoms with Gasteiger partial charge >= 0.3 is 5.97 Å². The van der Waals surface area contributed by atoms with Gasteiger partial charge in [0.1, 0.15) is 18.9 Å². The standard InChI is InChI=1S/C30H44N2O4/c1-5-9-10-11-12-15-23-35-28-17-14-13-16-27(28)29(33)31-26-20-18-25(19-21-26)30(34)36-24-22-32(6-2,7-3)8-4/h13-14,16-21H,5-12,15,22-24H2,1-4H3/p+1. The van der Waals surface area contributed by atoms with E-state index < -0.39 is 0 Å². The van der Waals surface area contributed by atoms with E-state index in [9.17, 15) is 9.59 Å². The molecule has 0 atom stereocenters. The van der Waals surface area contributed by atoms with Crippen molar-refractivity contribution in [2.24, 2.45) is 0 Å². The topological polar surface area (TPSA) is 64.6 Å². The van der Waals surface area contributed by atoms with Crippen molar-refractivity contribution >= 4 is 17.6 Å². The van der Waals surface area contributed by atoms with Gasteiger partial charge in [0, 0.05) is 5.69 Å². The maximum absolute atomic E-state index is 12.9. The number of rotatable bonds is 17. The first-order valence-electron chi connectivity index (χ1n) is 13.6. The molecule has 2 rings (SSSR count). The van der Waals surface area contributed by atoms with Crippen LogP contribution in [0.2, 0.25) is 0 Å². The Bertz CT molecular complexity index is 915. The molecule has 0 aliphatic heterocycles. The number of amides is 1. The predicted molar refractivity (Wildman–Crippen MR) is 147 cm³/mol. The highest BCUT2D eigenvalue weighted by Gasteiger charge is 2.21. The second-order valence-corrected chi connectivity index (χ2v) is 9.29. The lowest BCUT2D eigenvalue weighted by atomic mass is 10.1. The first-order valence-corrected chi connectivity index (χ1v) is 13.6. The van der Waals surface area contributed by atoms with Gasteiger partial charge in [-0.3, -0.25) is 4.79 Å².